The van der Waals surface area contributed by atoms with Gasteiger partial charge in [0.05, 0.1) is 12.3 Å². The Bertz CT molecular complexity index is 915. The predicted molar refractivity (Wildman–Crippen MR) is 110 cm³/mol. The van der Waals surface area contributed by atoms with Gasteiger partial charge in [-0.1, -0.05) is 37.6 Å². The van der Waals surface area contributed by atoms with Gasteiger partial charge in [-0.05, 0) is 43.5 Å². The lowest BCUT2D eigenvalue weighted by molar-refractivity contribution is 0.287. The van der Waals surface area contributed by atoms with Crippen LogP contribution in [0.4, 0.5) is 5.82 Å². The smallest absolute Gasteiger partial charge is 0.319 e. The first kappa shape index (κ1) is 18.7. The maximum Gasteiger partial charge on any atom is 0.319 e. The Balaban J connectivity index is 1.49. The molecule has 0 atom stereocenters. The van der Waals surface area contributed by atoms with E-state index in [4.69, 9.17) is 10.5 Å². The van der Waals surface area contributed by atoms with Crippen LogP contribution in [0.15, 0.2) is 24.3 Å². The molecule has 3 N–H and O–H groups in total. The van der Waals surface area contributed by atoms with E-state index in [2.05, 4.69) is 56.3 Å². The molecule has 1 aliphatic rings. The zero-order valence-electron chi connectivity index (χ0n) is 16.4. The molecule has 1 aliphatic heterocycles. The molecule has 0 aliphatic carbocycles. The number of nitrogens with zero attached hydrogens (tertiary/aromatic N) is 4. The number of nitrogen functional groups attached to an aromatic ring is 1. The minimum atomic E-state index is 0.321. The number of likely N-dealkylation sites (tertiary alicyclic amines) is 1. The van der Waals surface area contributed by atoms with Gasteiger partial charge in [0.25, 0.3) is 0 Å². The summed E-state index contributed by atoms with van der Waals surface area (Å²) in [5, 5.41) is 7.38. The van der Waals surface area contributed by atoms with Crippen LogP contribution in [0, 0.1) is 0 Å². The van der Waals surface area contributed by atoms with E-state index in [1.165, 1.54) is 37.1 Å². The van der Waals surface area contributed by atoms with Gasteiger partial charge in [-0.2, -0.15) is 15.1 Å². The van der Waals surface area contributed by atoms with Crippen LogP contribution in [-0.2, 0) is 13.0 Å². The molecule has 1 saturated heterocycles. The lowest BCUT2D eigenvalue weighted by Crippen LogP contribution is -2.18. The summed E-state index contributed by atoms with van der Waals surface area (Å²) in [6, 6.07) is 9.12. The highest BCUT2D eigenvalue weighted by Gasteiger charge is 2.15. The minimum absolute atomic E-state index is 0.321. The van der Waals surface area contributed by atoms with E-state index in [0.29, 0.717) is 30.4 Å². The van der Waals surface area contributed by atoms with Gasteiger partial charge in [-0.3, -0.25) is 10.00 Å². The number of aromatic nitrogens is 4. The second-order valence-corrected chi connectivity index (χ2v) is 7.47. The molecule has 1 aromatic carbocycles. The van der Waals surface area contributed by atoms with E-state index >= 15 is 0 Å². The number of aromatic amines is 1. The van der Waals surface area contributed by atoms with Gasteiger partial charge < -0.3 is 10.5 Å². The quantitative estimate of drug-likeness (QED) is 0.583. The van der Waals surface area contributed by atoms with Crippen molar-refractivity contribution in [3.05, 3.63) is 41.1 Å². The van der Waals surface area contributed by atoms with Gasteiger partial charge in [0.1, 0.15) is 5.52 Å². The molecule has 2 aromatic heterocycles. The Hall–Kier alpha value is -2.67. The number of ether oxygens (including phenoxy) is 1. The number of benzene rings is 1. The molecule has 0 saturated carbocycles. The maximum atomic E-state index is 6.05. The predicted octanol–water partition coefficient (Wildman–Crippen LogP) is 3.30. The highest BCUT2D eigenvalue weighted by Crippen LogP contribution is 2.23. The Morgan fingerprint density at radius 1 is 1.07 bits per heavy atom. The summed E-state index contributed by atoms with van der Waals surface area (Å²) < 4.78 is 5.64. The van der Waals surface area contributed by atoms with Crippen LogP contribution >= 0.6 is 0 Å². The molecular weight excluding hydrogens is 352 g/mol. The Morgan fingerprint density at radius 2 is 1.82 bits per heavy atom. The van der Waals surface area contributed by atoms with Crippen LogP contribution in [0.5, 0.6) is 6.01 Å². The Kier molecular flexibility index (Phi) is 5.71. The summed E-state index contributed by atoms with van der Waals surface area (Å²) in [4.78, 5) is 11.3. The SMILES string of the molecule is CCCCOc1nc(N)c2n[nH]c(Cc3ccc(CN4CCCC4)cc3)c2n1. The number of hydrogen-bond donors (Lipinski definition) is 2. The third kappa shape index (κ3) is 4.25. The van der Waals surface area contributed by atoms with E-state index < -0.39 is 0 Å². The topological polar surface area (TPSA) is 92.9 Å². The second-order valence-electron chi connectivity index (χ2n) is 7.47. The highest BCUT2D eigenvalue weighted by atomic mass is 16.5. The molecule has 3 heterocycles. The molecule has 0 bridgehead atoms. The summed E-state index contributed by atoms with van der Waals surface area (Å²) in [5.41, 5.74) is 10.9. The molecule has 148 valence electrons. The zero-order chi connectivity index (χ0) is 19.3. The molecule has 0 amide bonds. The Morgan fingerprint density at radius 3 is 2.57 bits per heavy atom. The van der Waals surface area contributed by atoms with E-state index in [9.17, 15) is 0 Å². The monoisotopic (exact) mass is 380 g/mol. The van der Waals surface area contributed by atoms with Crippen molar-refractivity contribution in [2.45, 2.75) is 45.6 Å². The van der Waals surface area contributed by atoms with Crippen LogP contribution in [0.2, 0.25) is 0 Å². The molecule has 4 rings (SSSR count). The van der Waals surface area contributed by atoms with Crippen molar-refractivity contribution >= 4 is 16.9 Å². The van der Waals surface area contributed by atoms with Crippen molar-refractivity contribution < 1.29 is 4.74 Å². The van der Waals surface area contributed by atoms with Gasteiger partial charge in [-0.15, -0.1) is 0 Å². The molecule has 7 heteroatoms. The molecule has 1 fully saturated rings. The number of nitrogens with one attached hydrogen (secondary N) is 1. The molecule has 0 radical (unpaired) electrons. The first-order chi connectivity index (χ1) is 13.7. The lowest BCUT2D eigenvalue weighted by atomic mass is 10.1. The normalized spacial score (nSPS) is 14.8. The molecule has 0 spiro atoms. The third-order valence-corrected chi connectivity index (χ3v) is 5.22. The average Bonchev–Trinajstić information content (AvgIpc) is 3.34. The van der Waals surface area contributed by atoms with Crippen LogP contribution < -0.4 is 10.5 Å². The standard InChI is InChI=1S/C21H28N6O/c1-2-3-12-28-21-23-18-17(25-26-19(18)20(22)24-21)13-15-6-8-16(9-7-15)14-27-10-4-5-11-27/h6-9H,2-5,10-14H2,1H3,(H,25,26)(H2,22,23,24). The third-order valence-electron chi connectivity index (χ3n) is 5.22. The lowest BCUT2D eigenvalue weighted by Gasteiger charge is -2.14. The maximum absolute atomic E-state index is 6.05. The van der Waals surface area contributed by atoms with E-state index in [1.807, 2.05) is 0 Å². The Labute approximate surface area is 165 Å². The second kappa shape index (κ2) is 8.56. The molecule has 3 aromatic rings. The summed E-state index contributed by atoms with van der Waals surface area (Å²) >= 11 is 0. The fourth-order valence-corrected chi connectivity index (χ4v) is 3.61. The number of unbranched alkanes of at least 4 members (excludes halogenated alkanes) is 1. The van der Waals surface area contributed by atoms with Crippen molar-refractivity contribution in [1.82, 2.24) is 25.1 Å². The van der Waals surface area contributed by atoms with Crippen molar-refractivity contribution in [2.24, 2.45) is 0 Å². The summed E-state index contributed by atoms with van der Waals surface area (Å²) in [7, 11) is 0. The summed E-state index contributed by atoms with van der Waals surface area (Å²) in [6.07, 6.45) is 5.37. The van der Waals surface area contributed by atoms with Crippen LogP contribution in [-0.4, -0.2) is 44.8 Å². The number of fused-ring (bicyclic) bond motifs is 1. The van der Waals surface area contributed by atoms with E-state index in [0.717, 1.165) is 30.6 Å². The zero-order valence-corrected chi connectivity index (χ0v) is 16.4. The fraction of sp³-hybridized carbons (Fsp3) is 0.476. The first-order valence-electron chi connectivity index (χ1n) is 10.2. The first-order valence-corrected chi connectivity index (χ1v) is 10.2. The van der Waals surface area contributed by atoms with Crippen LogP contribution in [0.3, 0.4) is 0 Å². The van der Waals surface area contributed by atoms with Gasteiger partial charge >= 0.3 is 6.01 Å². The van der Waals surface area contributed by atoms with E-state index in [1.54, 1.807) is 0 Å². The van der Waals surface area contributed by atoms with Crippen molar-refractivity contribution in [1.29, 1.82) is 0 Å². The van der Waals surface area contributed by atoms with E-state index in [-0.39, 0.29) is 0 Å². The average molecular weight is 380 g/mol. The van der Waals surface area contributed by atoms with Gasteiger partial charge in [-0.25, -0.2) is 0 Å². The van der Waals surface area contributed by atoms with Gasteiger partial charge in [0, 0.05) is 13.0 Å². The van der Waals surface area contributed by atoms with Crippen molar-refractivity contribution in [2.75, 3.05) is 25.4 Å². The fourth-order valence-electron chi connectivity index (χ4n) is 3.61. The van der Waals surface area contributed by atoms with Gasteiger partial charge in [0.15, 0.2) is 11.3 Å². The minimum Gasteiger partial charge on any atom is -0.463 e. The number of nitrogens with two attached hydrogens (primary N) is 1. The molecule has 28 heavy (non-hydrogen) atoms. The van der Waals surface area contributed by atoms with Crippen molar-refractivity contribution in [3.63, 3.8) is 0 Å². The summed E-state index contributed by atoms with van der Waals surface area (Å²) in [6.45, 7) is 6.17. The number of anilines is 1. The largest absolute Gasteiger partial charge is 0.463 e. The molecular formula is C21H28N6O. The number of hydrogen-bond acceptors (Lipinski definition) is 6. The van der Waals surface area contributed by atoms with Gasteiger partial charge in [0.2, 0.25) is 0 Å². The number of rotatable bonds is 8. The van der Waals surface area contributed by atoms with Crippen LogP contribution in [0.25, 0.3) is 11.0 Å². The summed E-state index contributed by atoms with van der Waals surface area (Å²) in [5.74, 6) is 0.347. The number of H-pyrrole nitrogens is 1. The van der Waals surface area contributed by atoms with Crippen molar-refractivity contribution in [3.8, 4) is 6.01 Å². The van der Waals surface area contributed by atoms with Crippen LogP contribution in [0.1, 0.15) is 49.4 Å². The highest BCUT2D eigenvalue weighted by molar-refractivity contribution is 5.86. The molecule has 7 nitrogen and oxygen atoms in total. The molecule has 0 unspecified atom stereocenters.